The lowest BCUT2D eigenvalue weighted by Gasteiger charge is -2.25. The second kappa shape index (κ2) is 8.65. The number of aliphatic hydroxyl groups excluding tert-OH is 1. The molecule has 5 nitrogen and oxygen atoms in total. The average molecular weight is 472 g/mol. The molecule has 1 unspecified atom stereocenters. The first kappa shape index (κ1) is 21.9. The molecule has 0 bridgehead atoms. The van der Waals surface area contributed by atoms with Crippen molar-refractivity contribution in [3.8, 4) is 5.75 Å². The molecule has 0 aliphatic carbocycles. The number of hydrogen-bond acceptors (Lipinski definition) is 4. The first-order valence-electron chi connectivity index (χ1n) is 9.49. The molecule has 1 N–H and O–H groups in total. The maximum Gasteiger partial charge on any atom is 0.300 e. The van der Waals surface area contributed by atoms with Crippen molar-refractivity contribution in [2.75, 3.05) is 12.0 Å². The molecule has 3 aromatic carbocycles. The van der Waals surface area contributed by atoms with Crippen molar-refractivity contribution in [1.29, 1.82) is 0 Å². The summed E-state index contributed by atoms with van der Waals surface area (Å²) in [7, 11) is 1.34. The molecule has 162 valence electrons. The fourth-order valence-electron chi connectivity index (χ4n) is 3.77. The Morgan fingerprint density at radius 1 is 1.03 bits per heavy atom. The molecule has 1 aliphatic rings. The number of benzene rings is 3. The molecule has 32 heavy (non-hydrogen) atoms. The summed E-state index contributed by atoms with van der Waals surface area (Å²) >= 11 is 12.3. The molecule has 8 heteroatoms. The zero-order valence-electron chi connectivity index (χ0n) is 16.7. The van der Waals surface area contributed by atoms with Gasteiger partial charge < -0.3 is 9.84 Å². The number of hydrogen-bond donors (Lipinski definition) is 1. The first-order chi connectivity index (χ1) is 15.3. The Bertz CT molecular complexity index is 1260. The summed E-state index contributed by atoms with van der Waals surface area (Å²) in [4.78, 5) is 27.3. The molecule has 3 aromatic rings. The monoisotopic (exact) mass is 471 g/mol. The van der Waals surface area contributed by atoms with Gasteiger partial charge >= 0.3 is 0 Å². The van der Waals surface area contributed by atoms with Crippen LogP contribution in [0.3, 0.4) is 0 Å². The number of rotatable bonds is 4. The molecule has 1 amide bonds. The largest absolute Gasteiger partial charge is 0.507 e. The SMILES string of the molecule is COc1c(Cl)cc(Cl)cc1/C(O)=C1\C(=O)C(=O)N(c2ccccc2)C1c1ccccc1F. The molecule has 0 spiro atoms. The van der Waals surface area contributed by atoms with Gasteiger partial charge in [-0.3, -0.25) is 14.5 Å². The maximum absolute atomic E-state index is 14.9. The number of ketones is 1. The lowest BCUT2D eigenvalue weighted by molar-refractivity contribution is -0.132. The van der Waals surface area contributed by atoms with E-state index in [1.807, 2.05) is 0 Å². The smallest absolute Gasteiger partial charge is 0.300 e. The van der Waals surface area contributed by atoms with Crippen molar-refractivity contribution in [2.24, 2.45) is 0 Å². The van der Waals surface area contributed by atoms with E-state index in [0.29, 0.717) is 5.69 Å². The molecule has 1 fully saturated rings. The zero-order chi connectivity index (χ0) is 23.0. The van der Waals surface area contributed by atoms with Crippen LogP contribution in [0.5, 0.6) is 5.75 Å². The highest BCUT2D eigenvalue weighted by molar-refractivity contribution is 6.51. The summed E-state index contributed by atoms with van der Waals surface area (Å²) in [5.41, 5.74) is 0.125. The van der Waals surface area contributed by atoms with E-state index in [1.165, 1.54) is 37.4 Å². The fourth-order valence-corrected chi connectivity index (χ4v) is 4.34. The van der Waals surface area contributed by atoms with E-state index in [2.05, 4.69) is 0 Å². The number of aliphatic hydroxyl groups is 1. The van der Waals surface area contributed by atoms with Gasteiger partial charge in [-0.25, -0.2) is 4.39 Å². The number of nitrogens with zero attached hydrogens (tertiary/aromatic N) is 1. The highest BCUT2D eigenvalue weighted by atomic mass is 35.5. The van der Waals surface area contributed by atoms with E-state index in [4.69, 9.17) is 27.9 Å². The van der Waals surface area contributed by atoms with Crippen LogP contribution in [-0.4, -0.2) is 23.9 Å². The Morgan fingerprint density at radius 3 is 2.34 bits per heavy atom. The van der Waals surface area contributed by atoms with E-state index in [-0.39, 0.29) is 32.5 Å². The van der Waals surface area contributed by atoms with E-state index < -0.39 is 29.3 Å². The molecule has 0 aromatic heterocycles. The van der Waals surface area contributed by atoms with Crippen LogP contribution >= 0.6 is 23.2 Å². The molecule has 1 saturated heterocycles. The van der Waals surface area contributed by atoms with Gasteiger partial charge in [-0.2, -0.15) is 0 Å². The average Bonchev–Trinajstić information content (AvgIpc) is 3.04. The van der Waals surface area contributed by atoms with Crippen LogP contribution in [-0.2, 0) is 9.59 Å². The summed E-state index contributed by atoms with van der Waals surface area (Å²) in [6.07, 6.45) is 0. The topological polar surface area (TPSA) is 66.8 Å². The Labute approximate surface area is 193 Å². The van der Waals surface area contributed by atoms with Crippen molar-refractivity contribution in [3.05, 3.63) is 99.3 Å². The number of carbonyl (C=O) groups is 2. The summed E-state index contributed by atoms with van der Waals surface area (Å²) in [6, 6.07) is 15.7. The first-order valence-corrected chi connectivity index (χ1v) is 10.2. The number of amides is 1. The van der Waals surface area contributed by atoms with Gasteiger partial charge in [-0.1, -0.05) is 59.6 Å². The van der Waals surface area contributed by atoms with E-state index in [0.717, 1.165) is 4.90 Å². The van der Waals surface area contributed by atoms with Gasteiger partial charge in [0.15, 0.2) is 0 Å². The van der Waals surface area contributed by atoms with Gasteiger partial charge in [0.2, 0.25) is 0 Å². The Hall–Kier alpha value is -3.35. The van der Waals surface area contributed by atoms with Crippen LogP contribution in [0.1, 0.15) is 17.2 Å². The van der Waals surface area contributed by atoms with Gasteiger partial charge in [0.1, 0.15) is 17.3 Å². The van der Waals surface area contributed by atoms with Crippen LogP contribution < -0.4 is 9.64 Å². The normalized spacial score (nSPS) is 17.6. The van der Waals surface area contributed by atoms with Gasteiger partial charge in [0.25, 0.3) is 11.7 Å². The lowest BCUT2D eigenvalue weighted by Crippen LogP contribution is -2.29. The molecule has 4 rings (SSSR count). The molecule has 1 heterocycles. The molecule has 1 aliphatic heterocycles. The number of Topliss-reactive ketones (excluding diaryl/α,β-unsaturated/α-hetero) is 1. The van der Waals surface area contributed by atoms with Crippen LogP contribution in [0.15, 0.2) is 72.3 Å². The predicted octanol–water partition coefficient (Wildman–Crippen LogP) is 5.77. The van der Waals surface area contributed by atoms with E-state index in [9.17, 15) is 19.1 Å². The molecular formula is C24H16Cl2FNO4. The van der Waals surface area contributed by atoms with Crippen LogP contribution in [0.25, 0.3) is 5.76 Å². The number of ether oxygens (including phenoxy) is 1. The van der Waals surface area contributed by atoms with Gasteiger partial charge in [-0.15, -0.1) is 0 Å². The number of para-hydroxylation sites is 1. The minimum atomic E-state index is -1.22. The molecule has 0 radical (unpaired) electrons. The highest BCUT2D eigenvalue weighted by Crippen LogP contribution is 2.45. The lowest BCUT2D eigenvalue weighted by atomic mass is 9.94. The molecular weight excluding hydrogens is 456 g/mol. The highest BCUT2D eigenvalue weighted by Gasteiger charge is 2.48. The summed E-state index contributed by atoms with van der Waals surface area (Å²) in [5, 5.41) is 11.5. The standard InChI is InChI=1S/C24H16Cl2FNO4/c1-32-23-16(11-13(25)12-17(23)26)21(29)19-20(15-9-5-6-10-18(15)27)28(24(31)22(19)30)14-7-3-2-4-8-14/h2-12,20,29H,1H3/b21-19+. The van der Waals surface area contributed by atoms with Crippen molar-refractivity contribution >= 4 is 46.3 Å². The van der Waals surface area contributed by atoms with Crippen LogP contribution in [0.4, 0.5) is 10.1 Å². The Balaban J connectivity index is 2.03. The number of anilines is 1. The predicted molar refractivity (Wildman–Crippen MR) is 121 cm³/mol. The van der Waals surface area contributed by atoms with Gasteiger partial charge in [-0.05, 0) is 30.3 Å². The van der Waals surface area contributed by atoms with E-state index >= 15 is 0 Å². The third-order valence-corrected chi connectivity index (χ3v) is 5.65. The molecule has 1 atom stereocenters. The number of methoxy groups -OCH3 is 1. The van der Waals surface area contributed by atoms with Crippen molar-refractivity contribution in [3.63, 3.8) is 0 Å². The fraction of sp³-hybridized carbons (Fsp3) is 0.0833. The second-order valence-corrected chi connectivity index (χ2v) is 7.84. The third-order valence-electron chi connectivity index (χ3n) is 5.15. The van der Waals surface area contributed by atoms with Crippen molar-refractivity contribution in [2.45, 2.75) is 6.04 Å². The maximum atomic E-state index is 14.9. The van der Waals surface area contributed by atoms with E-state index in [1.54, 1.807) is 36.4 Å². The van der Waals surface area contributed by atoms with Gasteiger partial charge in [0, 0.05) is 16.3 Å². The number of carbonyl (C=O) groups excluding carboxylic acids is 2. The quantitative estimate of drug-likeness (QED) is 0.298. The Kier molecular flexibility index (Phi) is 5.91. The second-order valence-electron chi connectivity index (χ2n) is 6.99. The van der Waals surface area contributed by atoms with Crippen LogP contribution in [0.2, 0.25) is 10.0 Å². The van der Waals surface area contributed by atoms with Crippen molar-refractivity contribution in [1.82, 2.24) is 0 Å². The minimum Gasteiger partial charge on any atom is -0.507 e. The summed E-state index contributed by atoms with van der Waals surface area (Å²) in [6.45, 7) is 0. The zero-order valence-corrected chi connectivity index (χ0v) is 18.2. The molecule has 0 saturated carbocycles. The third kappa shape index (κ3) is 3.61. The summed E-state index contributed by atoms with van der Waals surface area (Å²) < 4.78 is 20.2. The van der Waals surface area contributed by atoms with Gasteiger partial charge in [0.05, 0.1) is 29.3 Å². The van der Waals surface area contributed by atoms with Crippen LogP contribution in [0, 0.1) is 5.82 Å². The summed E-state index contributed by atoms with van der Waals surface area (Å²) in [5.74, 6) is -3.03. The number of halogens is 3. The minimum absolute atomic E-state index is 0.0115. The Morgan fingerprint density at radius 2 is 1.69 bits per heavy atom. The van der Waals surface area contributed by atoms with Crippen molar-refractivity contribution < 1.29 is 23.8 Å².